The number of hydrogen-bond acceptors (Lipinski definition) is 5. The summed E-state index contributed by atoms with van der Waals surface area (Å²) in [5.74, 6) is -2.00. The molecule has 1 fully saturated rings. The fraction of sp³-hybridized carbons (Fsp3) is 0.500. The number of carbonyl (C=O) groups is 3. The van der Waals surface area contributed by atoms with Crippen molar-refractivity contribution in [2.24, 2.45) is 5.92 Å². The quantitative estimate of drug-likeness (QED) is 0.781. The highest BCUT2D eigenvalue weighted by atomic mass is 19.1. The largest absolute Gasteiger partial charge is 0.494 e. The predicted molar refractivity (Wildman–Crippen MR) is 91.3 cm³/mol. The molecule has 26 heavy (non-hydrogen) atoms. The number of esters is 1. The fourth-order valence-electron chi connectivity index (χ4n) is 2.91. The lowest BCUT2D eigenvalue weighted by molar-refractivity contribution is -0.123. The molecule has 0 saturated heterocycles. The van der Waals surface area contributed by atoms with E-state index in [2.05, 4.69) is 17.6 Å². The molecule has 0 heterocycles. The van der Waals surface area contributed by atoms with E-state index in [4.69, 9.17) is 9.47 Å². The number of methoxy groups -OCH3 is 1. The van der Waals surface area contributed by atoms with Gasteiger partial charge in [-0.25, -0.2) is 14.0 Å². The van der Waals surface area contributed by atoms with Gasteiger partial charge in [0.05, 0.1) is 12.7 Å². The first-order valence-electron chi connectivity index (χ1n) is 8.51. The van der Waals surface area contributed by atoms with Crippen LogP contribution in [0.4, 0.5) is 9.18 Å². The molecule has 0 aromatic heterocycles. The van der Waals surface area contributed by atoms with Crippen molar-refractivity contribution in [1.29, 1.82) is 0 Å². The van der Waals surface area contributed by atoms with E-state index in [1.54, 1.807) is 0 Å². The highest BCUT2D eigenvalue weighted by Crippen LogP contribution is 2.23. The molecule has 2 rings (SSSR count). The van der Waals surface area contributed by atoms with Gasteiger partial charge in [0.25, 0.3) is 5.91 Å². The van der Waals surface area contributed by atoms with Crippen molar-refractivity contribution in [1.82, 2.24) is 10.6 Å². The van der Waals surface area contributed by atoms with Crippen molar-refractivity contribution in [2.75, 3.05) is 13.7 Å². The SMILES string of the molecule is COc1ccc(C(=O)OCC(=O)NC(=O)N[C@@H]2CCCC[C@H]2C)cc1F. The van der Waals surface area contributed by atoms with Crippen molar-refractivity contribution in [2.45, 2.75) is 38.6 Å². The van der Waals surface area contributed by atoms with Crippen molar-refractivity contribution >= 4 is 17.9 Å². The maximum Gasteiger partial charge on any atom is 0.338 e. The molecule has 2 N–H and O–H groups in total. The number of imide groups is 1. The lowest BCUT2D eigenvalue weighted by Crippen LogP contribution is -2.48. The minimum absolute atomic E-state index is 0.00657. The number of benzene rings is 1. The van der Waals surface area contributed by atoms with Crippen LogP contribution < -0.4 is 15.4 Å². The molecule has 0 aliphatic heterocycles. The first kappa shape index (κ1) is 19.7. The Hall–Kier alpha value is -2.64. The summed E-state index contributed by atoms with van der Waals surface area (Å²) < 4.78 is 23.1. The molecule has 8 heteroatoms. The number of ether oxygens (including phenoxy) is 2. The van der Waals surface area contributed by atoms with Gasteiger partial charge in [-0.05, 0) is 37.0 Å². The number of rotatable bonds is 5. The van der Waals surface area contributed by atoms with Crippen molar-refractivity contribution in [3.8, 4) is 5.75 Å². The maximum absolute atomic E-state index is 13.6. The number of hydrogen-bond donors (Lipinski definition) is 2. The van der Waals surface area contributed by atoms with E-state index in [1.807, 2.05) is 0 Å². The first-order valence-corrected chi connectivity index (χ1v) is 8.51. The monoisotopic (exact) mass is 366 g/mol. The van der Waals surface area contributed by atoms with E-state index in [1.165, 1.54) is 19.2 Å². The van der Waals surface area contributed by atoms with Gasteiger partial charge in [0.1, 0.15) is 0 Å². The topological polar surface area (TPSA) is 93.7 Å². The van der Waals surface area contributed by atoms with Crippen molar-refractivity contribution in [3.05, 3.63) is 29.6 Å². The smallest absolute Gasteiger partial charge is 0.338 e. The molecule has 7 nitrogen and oxygen atoms in total. The Bertz CT molecular complexity index is 680. The molecule has 0 radical (unpaired) electrons. The third-order valence-corrected chi connectivity index (χ3v) is 4.40. The molecular formula is C18H23FN2O5. The molecule has 0 spiro atoms. The summed E-state index contributed by atoms with van der Waals surface area (Å²) in [5, 5.41) is 4.89. The molecule has 1 aromatic rings. The highest BCUT2D eigenvalue weighted by molar-refractivity contribution is 5.97. The van der Waals surface area contributed by atoms with E-state index >= 15 is 0 Å². The normalized spacial score (nSPS) is 19.3. The molecule has 3 amide bonds. The van der Waals surface area contributed by atoms with Gasteiger partial charge >= 0.3 is 12.0 Å². The summed E-state index contributed by atoms with van der Waals surface area (Å²) in [7, 11) is 1.31. The number of carbonyl (C=O) groups excluding carboxylic acids is 3. The summed E-state index contributed by atoms with van der Waals surface area (Å²) in [6, 6.07) is 2.97. The van der Waals surface area contributed by atoms with E-state index in [0.717, 1.165) is 31.7 Å². The molecule has 0 bridgehead atoms. The Labute approximate surface area is 151 Å². The zero-order valence-electron chi connectivity index (χ0n) is 14.8. The van der Waals surface area contributed by atoms with Crippen LogP contribution in [0.3, 0.4) is 0 Å². The van der Waals surface area contributed by atoms with Gasteiger partial charge in [0.2, 0.25) is 0 Å². The van der Waals surface area contributed by atoms with Crippen molar-refractivity contribution in [3.63, 3.8) is 0 Å². The van der Waals surface area contributed by atoms with Gasteiger partial charge in [0, 0.05) is 6.04 Å². The number of nitrogens with one attached hydrogen (secondary N) is 2. The lowest BCUT2D eigenvalue weighted by atomic mass is 9.86. The Morgan fingerprint density at radius 1 is 1.23 bits per heavy atom. The Morgan fingerprint density at radius 3 is 2.62 bits per heavy atom. The van der Waals surface area contributed by atoms with E-state index in [-0.39, 0.29) is 17.4 Å². The molecule has 1 saturated carbocycles. The third-order valence-electron chi connectivity index (χ3n) is 4.40. The number of urea groups is 1. The maximum atomic E-state index is 13.6. The van der Waals surface area contributed by atoms with Crippen LogP contribution in [0.2, 0.25) is 0 Å². The number of halogens is 1. The van der Waals surface area contributed by atoms with Gasteiger partial charge in [-0.15, -0.1) is 0 Å². The van der Waals surface area contributed by atoms with Crippen LogP contribution >= 0.6 is 0 Å². The minimum Gasteiger partial charge on any atom is -0.494 e. The van der Waals surface area contributed by atoms with Gasteiger partial charge in [-0.3, -0.25) is 10.1 Å². The van der Waals surface area contributed by atoms with Crippen LogP contribution in [-0.4, -0.2) is 37.7 Å². The van der Waals surface area contributed by atoms with Crippen LogP contribution in [-0.2, 0) is 9.53 Å². The van der Waals surface area contributed by atoms with Crippen LogP contribution in [0.25, 0.3) is 0 Å². The average molecular weight is 366 g/mol. The molecule has 1 aliphatic rings. The minimum atomic E-state index is -0.872. The second kappa shape index (κ2) is 9.17. The highest BCUT2D eigenvalue weighted by Gasteiger charge is 2.23. The summed E-state index contributed by atoms with van der Waals surface area (Å²) in [4.78, 5) is 35.4. The van der Waals surface area contributed by atoms with E-state index < -0.39 is 30.3 Å². The van der Waals surface area contributed by atoms with Gasteiger partial charge in [-0.2, -0.15) is 0 Å². The summed E-state index contributed by atoms with van der Waals surface area (Å²) in [6.45, 7) is 1.42. The van der Waals surface area contributed by atoms with Crippen LogP contribution in [0, 0.1) is 11.7 Å². The molecule has 1 aliphatic carbocycles. The molecule has 1 aromatic carbocycles. The summed E-state index contributed by atoms with van der Waals surface area (Å²) >= 11 is 0. The summed E-state index contributed by atoms with van der Waals surface area (Å²) in [5.41, 5.74) is -0.0587. The second-order valence-electron chi connectivity index (χ2n) is 6.32. The van der Waals surface area contributed by atoms with E-state index in [9.17, 15) is 18.8 Å². The van der Waals surface area contributed by atoms with Crippen LogP contribution in [0.5, 0.6) is 5.75 Å². The predicted octanol–water partition coefficient (Wildman–Crippen LogP) is 2.40. The summed E-state index contributed by atoms with van der Waals surface area (Å²) in [6.07, 6.45) is 4.09. The van der Waals surface area contributed by atoms with E-state index in [0.29, 0.717) is 5.92 Å². The van der Waals surface area contributed by atoms with Crippen LogP contribution in [0.1, 0.15) is 43.0 Å². The van der Waals surface area contributed by atoms with Crippen LogP contribution in [0.15, 0.2) is 18.2 Å². The molecule has 2 atom stereocenters. The molecule has 0 unspecified atom stereocenters. The zero-order valence-corrected chi connectivity index (χ0v) is 14.8. The third kappa shape index (κ3) is 5.44. The Morgan fingerprint density at radius 2 is 1.96 bits per heavy atom. The lowest BCUT2D eigenvalue weighted by Gasteiger charge is -2.29. The van der Waals surface area contributed by atoms with Gasteiger partial charge < -0.3 is 14.8 Å². The fourth-order valence-corrected chi connectivity index (χ4v) is 2.91. The zero-order chi connectivity index (χ0) is 19.1. The average Bonchev–Trinajstić information content (AvgIpc) is 2.61. The molecular weight excluding hydrogens is 343 g/mol. The van der Waals surface area contributed by atoms with Gasteiger partial charge in [-0.1, -0.05) is 19.8 Å². The van der Waals surface area contributed by atoms with Gasteiger partial charge in [0.15, 0.2) is 18.2 Å². The Kier molecular flexibility index (Phi) is 6.94. The molecule has 142 valence electrons. The number of amides is 3. The Balaban J connectivity index is 1.77. The second-order valence-corrected chi connectivity index (χ2v) is 6.32. The van der Waals surface area contributed by atoms with Crippen molar-refractivity contribution < 1.29 is 28.2 Å². The first-order chi connectivity index (χ1) is 12.4. The standard InChI is InChI=1S/C18H23FN2O5/c1-11-5-3-4-6-14(11)20-18(24)21-16(22)10-26-17(23)12-7-8-15(25-2)13(19)9-12/h7-9,11,14H,3-6,10H2,1-2H3,(H2,20,21,22,24)/t11-,14-/m1/s1.